The Morgan fingerprint density at radius 1 is 1.37 bits per heavy atom. The van der Waals surface area contributed by atoms with Gasteiger partial charge in [0.25, 0.3) is 0 Å². The molecule has 1 atom stereocenters. The predicted octanol–water partition coefficient (Wildman–Crippen LogP) is 1.79. The molecule has 0 radical (unpaired) electrons. The third kappa shape index (κ3) is 2.76. The van der Waals surface area contributed by atoms with Crippen LogP contribution in [0.1, 0.15) is 6.92 Å². The molecule has 1 unspecified atom stereocenters. The van der Waals surface area contributed by atoms with E-state index in [2.05, 4.69) is 15.6 Å². The summed E-state index contributed by atoms with van der Waals surface area (Å²) in [4.78, 5) is 15.8. The van der Waals surface area contributed by atoms with E-state index >= 15 is 0 Å². The average Bonchev–Trinajstić information content (AvgIpc) is 2.45. The van der Waals surface area contributed by atoms with Crippen molar-refractivity contribution in [2.75, 3.05) is 19.5 Å². The van der Waals surface area contributed by atoms with Crippen molar-refractivity contribution < 1.29 is 9.53 Å². The lowest BCUT2D eigenvalue weighted by atomic mass is 10.1. The van der Waals surface area contributed by atoms with Gasteiger partial charge in [0.1, 0.15) is 17.6 Å². The van der Waals surface area contributed by atoms with E-state index in [1.54, 1.807) is 27.3 Å². The number of benzene rings is 1. The van der Waals surface area contributed by atoms with Crippen molar-refractivity contribution in [2.24, 2.45) is 0 Å². The summed E-state index contributed by atoms with van der Waals surface area (Å²) in [7, 11) is 3.25. The van der Waals surface area contributed by atoms with E-state index < -0.39 is 0 Å². The summed E-state index contributed by atoms with van der Waals surface area (Å²) in [6.07, 6.45) is 1.71. The molecule has 0 aliphatic rings. The molecule has 1 aromatic carbocycles. The minimum absolute atomic E-state index is 0.0766. The second kappa shape index (κ2) is 5.56. The SMILES string of the molecule is CNC(=O)C(C)Nc1nccc2cc(OC)ccc12. The van der Waals surface area contributed by atoms with Crippen molar-refractivity contribution in [3.8, 4) is 5.75 Å². The Hall–Kier alpha value is -2.30. The number of likely N-dealkylation sites (N-methyl/N-ethyl adjacent to an activating group) is 1. The van der Waals surface area contributed by atoms with Gasteiger partial charge in [-0.2, -0.15) is 0 Å². The Kier molecular flexibility index (Phi) is 3.85. The number of nitrogens with one attached hydrogen (secondary N) is 2. The van der Waals surface area contributed by atoms with Gasteiger partial charge in [-0.25, -0.2) is 4.98 Å². The molecule has 1 aromatic heterocycles. The lowest BCUT2D eigenvalue weighted by Crippen LogP contribution is -2.35. The molecular formula is C14H17N3O2. The number of carbonyl (C=O) groups is 1. The Labute approximate surface area is 112 Å². The largest absolute Gasteiger partial charge is 0.497 e. The highest BCUT2D eigenvalue weighted by atomic mass is 16.5. The smallest absolute Gasteiger partial charge is 0.241 e. The molecule has 100 valence electrons. The van der Waals surface area contributed by atoms with Gasteiger partial charge in [0.2, 0.25) is 5.91 Å². The highest BCUT2D eigenvalue weighted by molar-refractivity contribution is 5.94. The van der Waals surface area contributed by atoms with Gasteiger partial charge in [-0.05, 0) is 36.6 Å². The number of rotatable bonds is 4. The van der Waals surface area contributed by atoms with Gasteiger partial charge >= 0.3 is 0 Å². The summed E-state index contributed by atoms with van der Waals surface area (Å²) in [5.74, 6) is 1.41. The van der Waals surface area contributed by atoms with Crippen molar-refractivity contribution in [1.29, 1.82) is 0 Å². The van der Waals surface area contributed by atoms with Crippen LogP contribution in [0.3, 0.4) is 0 Å². The summed E-state index contributed by atoms with van der Waals surface area (Å²) < 4.78 is 5.19. The number of aromatic nitrogens is 1. The first-order valence-corrected chi connectivity index (χ1v) is 6.06. The highest BCUT2D eigenvalue weighted by Crippen LogP contribution is 2.25. The van der Waals surface area contributed by atoms with Crippen LogP contribution >= 0.6 is 0 Å². The second-order valence-corrected chi connectivity index (χ2v) is 4.23. The molecule has 2 rings (SSSR count). The summed E-state index contributed by atoms with van der Waals surface area (Å²) in [6, 6.07) is 7.31. The van der Waals surface area contributed by atoms with Crippen molar-refractivity contribution in [1.82, 2.24) is 10.3 Å². The number of ether oxygens (including phenoxy) is 1. The van der Waals surface area contributed by atoms with E-state index in [0.29, 0.717) is 5.82 Å². The van der Waals surface area contributed by atoms with Crippen molar-refractivity contribution >= 4 is 22.5 Å². The third-order valence-electron chi connectivity index (χ3n) is 2.96. The zero-order chi connectivity index (χ0) is 13.8. The summed E-state index contributed by atoms with van der Waals surface area (Å²) in [5.41, 5.74) is 0. The summed E-state index contributed by atoms with van der Waals surface area (Å²) in [5, 5.41) is 7.68. The highest BCUT2D eigenvalue weighted by Gasteiger charge is 2.12. The fourth-order valence-electron chi connectivity index (χ4n) is 1.89. The lowest BCUT2D eigenvalue weighted by Gasteiger charge is -2.14. The van der Waals surface area contributed by atoms with Crippen LogP contribution in [0, 0.1) is 0 Å². The first-order valence-electron chi connectivity index (χ1n) is 6.06. The topological polar surface area (TPSA) is 63.2 Å². The first kappa shape index (κ1) is 13.1. The fourth-order valence-corrected chi connectivity index (χ4v) is 1.89. The van der Waals surface area contributed by atoms with Gasteiger partial charge in [-0.3, -0.25) is 4.79 Å². The molecule has 0 saturated carbocycles. The molecule has 0 bridgehead atoms. The monoisotopic (exact) mass is 259 g/mol. The summed E-state index contributed by atoms with van der Waals surface area (Å²) in [6.45, 7) is 1.79. The van der Waals surface area contributed by atoms with Crippen LogP contribution in [0.2, 0.25) is 0 Å². The number of anilines is 1. The van der Waals surface area contributed by atoms with Gasteiger partial charge < -0.3 is 15.4 Å². The molecule has 5 nitrogen and oxygen atoms in total. The maximum atomic E-state index is 11.5. The molecule has 1 heterocycles. The van der Waals surface area contributed by atoms with Crippen molar-refractivity contribution in [2.45, 2.75) is 13.0 Å². The molecule has 19 heavy (non-hydrogen) atoms. The maximum absolute atomic E-state index is 11.5. The zero-order valence-corrected chi connectivity index (χ0v) is 11.2. The van der Waals surface area contributed by atoms with E-state index in [-0.39, 0.29) is 11.9 Å². The van der Waals surface area contributed by atoms with Crippen LogP contribution in [-0.4, -0.2) is 31.1 Å². The maximum Gasteiger partial charge on any atom is 0.241 e. The second-order valence-electron chi connectivity index (χ2n) is 4.23. The van der Waals surface area contributed by atoms with E-state index in [9.17, 15) is 4.79 Å². The number of amides is 1. The van der Waals surface area contributed by atoms with E-state index in [4.69, 9.17) is 4.74 Å². The van der Waals surface area contributed by atoms with Gasteiger partial charge in [-0.1, -0.05) is 0 Å². The number of carbonyl (C=O) groups excluding carboxylic acids is 1. The number of nitrogens with zero attached hydrogens (tertiary/aromatic N) is 1. The molecule has 1 amide bonds. The van der Waals surface area contributed by atoms with E-state index in [1.165, 1.54) is 0 Å². The van der Waals surface area contributed by atoms with Crippen LogP contribution in [0.25, 0.3) is 10.8 Å². The molecule has 0 fully saturated rings. The number of pyridine rings is 1. The van der Waals surface area contributed by atoms with Crippen LogP contribution in [-0.2, 0) is 4.79 Å². The van der Waals surface area contributed by atoms with Gasteiger partial charge in [0, 0.05) is 18.6 Å². The number of hydrogen-bond donors (Lipinski definition) is 2. The van der Waals surface area contributed by atoms with Crippen molar-refractivity contribution in [3.05, 3.63) is 30.5 Å². The quantitative estimate of drug-likeness (QED) is 0.878. The van der Waals surface area contributed by atoms with Crippen LogP contribution in [0.4, 0.5) is 5.82 Å². The number of methoxy groups -OCH3 is 1. The Bertz CT molecular complexity index is 598. The average molecular weight is 259 g/mol. The molecular weight excluding hydrogens is 242 g/mol. The normalized spacial score (nSPS) is 11.9. The molecule has 0 saturated heterocycles. The summed E-state index contributed by atoms with van der Waals surface area (Å²) >= 11 is 0. The van der Waals surface area contributed by atoms with Gasteiger partial charge in [0.15, 0.2) is 0 Å². The minimum Gasteiger partial charge on any atom is -0.497 e. The minimum atomic E-state index is -0.342. The predicted molar refractivity (Wildman–Crippen MR) is 75.4 cm³/mol. The molecule has 2 aromatic rings. The van der Waals surface area contributed by atoms with Gasteiger partial charge in [-0.15, -0.1) is 0 Å². The Morgan fingerprint density at radius 3 is 2.84 bits per heavy atom. The van der Waals surface area contributed by atoms with Crippen LogP contribution < -0.4 is 15.4 Å². The lowest BCUT2D eigenvalue weighted by molar-refractivity contribution is -0.121. The number of fused-ring (bicyclic) bond motifs is 1. The molecule has 0 aliphatic carbocycles. The van der Waals surface area contributed by atoms with Crippen LogP contribution in [0.15, 0.2) is 30.5 Å². The zero-order valence-electron chi connectivity index (χ0n) is 11.2. The molecule has 0 aliphatic heterocycles. The number of hydrogen-bond acceptors (Lipinski definition) is 4. The first-order chi connectivity index (χ1) is 9.15. The van der Waals surface area contributed by atoms with Crippen molar-refractivity contribution in [3.63, 3.8) is 0 Å². The molecule has 2 N–H and O–H groups in total. The van der Waals surface area contributed by atoms with E-state index in [0.717, 1.165) is 16.5 Å². The van der Waals surface area contributed by atoms with E-state index in [1.807, 2.05) is 24.3 Å². The standard InChI is InChI=1S/C14H17N3O2/c1-9(14(18)15-2)17-13-12-5-4-11(19-3)8-10(12)6-7-16-13/h4-9H,1-3H3,(H,15,18)(H,16,17). The van der Waals surface area contributed by atoms with Crippen LogP contribution in [0.5, 0.6) is 5.75 Å². The van der Waals surface area contributed by atoms with Gasteiger partial charge in [0.05, 0.1) is 7.11 Å². The Balaban J connectivity index is 2.36. The third-order valence-corrected chi connectivity index (χ3v) is 2.96. The fraction of sp³-hybridized carbons (Fsp3) is 0.286. The molecule has 0 spiro atoms. The molecule has 5 heteroatoms. The Morgan fingerprint density at radius 2 is 2.16 bits per heavy atom.